The highest BCUT2D eigenvalue weighted by atomic mass is 16.6. The zero-order chi connectivity index (χ0) is 24.9. The summed E-state index contributed by atoms with van der Waals surface area (Å²) in [6.07, 6.45) is 0. The number of rotatable bonds is 14. The van der Waals surface area contributed by atoms with E-state index in [0.29, 0.717) is 51.1 Å². The van der Waals surface area contributed by atoms with Crippen molar-refractivity contribution < 1.29 is 18.9 Å². The summed E-state index contributed by atoms with van der Waals surface area (Å²) >= 11 is 0. The van der Waals surface area contributed by atoms with Gasteiger partial charge in [-0.2, -0.15) is 0 Å². The van der Waals surface area contributed by atoms with Crippen molar-refractivity contribution in [2.24, 2.45) is 0 Å². The van der Waals surface area contributed by atoms with Gasteiger partial charge in [-0.25, -0.2) is 0 Å². The predicted octanol–water partition coefficient (Wildman–Crippen LogP) is 5.69. The van der Waals surface area contributed by atoms with E-state index in [1.54, 1.807) is 0 Å². The van der Waals surface area contributed by atoms with Crippen molar-refractivity contribution in [1.82, 2.24) is 0 Å². The number of benzene rings is 4. The fourth-order valence-corrected chi connectivity index (χ4v) is 4.17. The molecular formula is C31H33NO4. The second-order valence-corrected chi connectivity index (χ2v) is 8.24. The summed E-state index contributed by atoms with van der Waals surface area (Å²) in [4.78, 5) is 0. The zero-order valence-electron chi connectivity index (χ0n) is 20.4. The molecule has 0 amide bonds. The van der Waals surface area contributed by atoms with Crippen molar-refractivity contribution >= 4 is 5.69 Å². The van der Waals surface area contributed by atoms with Crippen LogP contribution >= 0.6 is 0 Å². The second-order valence-electron chi connectivity index (χ2n) is 8.24. The van der Waals surface area contributed by atoms with Gasteiger partial charge in [0.25, 0.3) is 0 Å². The molecule has 0 saturated carbocycles. The first-order chi connectivity index (χ1) is 17.8. The molecule has 5 heteroatoms. The zero-order valence-corrected chi connectivity index (χ0v) is 20.4. The molecule has 0 unspecified atom stereocenters. The number of nitrogen functional groups attached to an aromatic ring is 1. The first-order valence-electron chi connectivity index (χ1n) is 12.2. The highest BCUT2D eigenvalue weighted by Gasteiger charge is 2.37. The number of para-hydroxylation sites is 2. The van der Waals surface area contributed by atoms with Crippen LogP contribution in [-0.4, -0.2) is 39.6 Å². The van der Waals surface area contributed by atoms with Gasteiger partial charge in [-0.05, 0) is 28.8 Å². The van der Waals surface area contributed by atoms with Gasteiger partial charge in [-0.1, -0.05) is 103 Å². The largest absolute Gasteiger partial charge is 0.489 e. The third-order valence-corrected chi connectivity index (χ3v) is 5.86. The average Bonchev–Trinajstić information content (AvgIpc) is 2.94. The maximum absolute atomic E-state index is 6.70. The fourth-order valence-electron chi connectivity index (χ4n) is 4.17. The molecule has 0 heterocycles. The summed E-state index contributed by atoms with van der Waals surface area (Å²) in [6, 6.07) is 38.4. The molecule has 0 radical (unpaired) electrons. The number of hydrogen-bond donors (Lipinski definition) is 1. The highest BCUT2D eigenvalue weighted by Crippen LogP contribution is 2.40. The van der Waals surface area contributed by atoms with Gasteiger partial charge in [0.05, 0.1) is 38.7 Å². The van der Waals surface area contributed by atoms with Gasteiger partial charge in [0, 0.05) is 0 Å². The Morgan fingerprint density at radius 3 is 1.39 bits per heavy atom. The Balaban J connectivity index is 1.30. The van der Waals surface area contributed by atoms with Crippen LogP contribution in [0, 0.1) is 0 Å². The van der Waals surface area contributed by atoms with Crippen LogP contribution in [0.3, 0.4) is 0 Å². The molecule has 186 valence electrons. The molecule has 4 aromatic rings. The molecule has 0 atom stereocenters. The quantitative estimate of drug-likeness (QED) is 0.142. The summed E-state index contributed by atoms with van der Waals surface area (Å²) in [7, 11) is 0. The maximum atomic E-state index is 6.70. The van der Waals surface area contributed by atoms with Gasteiger partial charge in [-0.15, -0.1) is 0 Å². The molecule has 0 aliphatic carbocycles. The topological polar surface area (TPSA) is 62.9 Å². The van der Waals surface area contributed by atoms with Crippen molar-refractivity contribution in [2.75, 3.05) is 45.4 Å². The molecular weight excluding hydrogens is 450 g/mol. The summed E-state index contributed by atoms with van der Waals surface area (Å²) in [6.45, 7) is 2.74. The van der Waals surface area contributed by atoms with E-state index < -0.39 is 5.60 Å². The fraction of sp³-hybridized carbons (Fsp3) is 0.226. The Morgan fingerprint density at radius 2 is 0.889 bits per heavy atom. The van der Waals surface area contributed by atoms with Gasteiger partial charge >= 0.3 is 0 Å². The van der Waals surface area contributed by atoms with Crippen LogP contribution in [0.2, 0.25) is 0 Å². The predicted molar refractivity (Wildman–Crippen MR) is 143 cm³/mol. The minimum Gasteiger partial charge on any atom is -0.489 e. The van der Waals surface area contributed by atoms with E-state index in [2.05, 4.69) is 36.4 Å². The lowest BCUT2D eigenvalue weighted by atomic mass is 9.80. The number of ether oxygens (including phenoxy) is 4. The monoisotopic (exact) mass is 483 g/mol. The SMILES string of the molecule is Nc1ccccc1OCCOCCOCCOC(c1ccccc1)(c1ccccc1)c1ccccc1. The van der Waals surface area contributed by atoms with Crippen LogP contribution in [0.4, 0.5) is 5.69 Å². The molecule has 0 fully saturated rings. The van der Waals surface area contributed by atoms with Crippen molar-refractivity contribution in [3.05, 3.63) is 132 Å². The standard InChI is InChI=1S/C31H33NO4/c32-29-18-10-11-19-30(29)35-24-22-33-20-21-34-23-25-36-31(26-12-4-1-5-13-26,27-14-6-2-7-15-27)28-16-8-3-9-17-28/h1-19H,20-25,32H2. The van der Waals surface area contributed by atoms with Crippen LogP contribution in [0.5, 0.6) is 5.75 Å². The first kappa shape index (κ1) is 25.5. The molecule has 4 rings (SSSR count). The van der Waals surface area contributed by atoms with Gasteiger partial charge in [0.2, 0.25) is 0 Å². The molecule has 36 heavy (non-hydrogen) atoms. The third-order valence-electron chi connectivity index (χ3n) is 5.86. The molecule has 0 bridgehead atoms. The molecule has 0 saturated heterocycles. The van der Waals surface area contributed by atoms with Gasteiger partial charge in [0.1, 0.15) is 18.0 Å². The number of nitrogens with two attached hydrogens (primary N) is 1. The Labute approximate surface area is 213 Å². The summed E-state index contributed by atoms with van der Waals surface area (Å²) in [5, 5.41) is 0. The van der Waals surface area contributed by atoms with E-state index >= 15 is 0 Å². The molecule has 0 aliphatic heterocycles. The third kappa shape index (κ3) is 6.52. The number of hydrogen-bond acceptors (Lipinski definition) is 5. The molecule has 2 N–H and O–H groups in total. The van der Waals surface area contributed by atoms with Crippen molar-refractivity contribution in [1.29, 1.82) is 0 Å². The smallest absolute Gasteiger partial charge is 0.143 e. The minimum absolute atomic E-state index is 0.426. The van der Waals surface area contributed by atoms with Gasteiger partial charge in [-0.3, -0.25) is 0 Å². The first-order valence-corrected chi connectivity index (χ1v) is 12.2. The maximum Gasteiger partial charge on any atom is 0.143 e. The highest BCUT2D eigenvalue weighted by molar-refractivity contribution is 5.51. The van der Waals surface area contributed by atoms with E-state index in [4.69, 9.17) is 24.7 Å². The van der Waals surface area contributed by atoms with Crippen LogP contribution < -0.4 is 10.5 Å². The van der Waals surface area contributed by atoms with E-state index in [1.807, 2.05) is 78.9 Å². The van der Waals surface area contributed by atoms with Crippen LogP contribution in [0.1, 0.15) is 16.7 Å². The second kappa shape index (κ2) is 13.4. The van der Waals surface area contributed by atoms with E-state index in [-0.39, 0.29) is 0 Å². The van der Waals surface area contributed by atoms with E-state index in [1.165, 1.54) is 0 Å². The number of anilines is 1. The summed E-state index contributed by atoms with van der Waals surface area (Å²) < 4.78 is 23.8. The molecule has 0 spiro atoms. The Morgan fingerprint density at radius 1 is 0.472 bits per heavy atom. The van der Waals surface area contributed by atoms with E-state index in [0.717, 1.165) is 16.7 Å². The minimum atomic E-state index is -0.736. The Kier molecular flexibility index (Phi) is 9.51. The van der Waals surface area contributed by atoms with Crippen molar-refractivity contribution in [3.63, 3.8) is 0 Å². The van der Waals surface area contributed by atoms with Gasteiger partial charge < -0.3 is 24.7 Å². The molecule has 0 aliphatic rings. The van der Waals surface area contributed by atoms with Gasteiger partial charge in [0.15, 0.2) is 0 Å². The lowest BCUT2D eigenvalue weighted by molar-refractivity contribution is -0.0344. The summed E-state index contributed by atoms with van der Waals surface area (Å²) in [5.74, 6) is 0.674. The van der Waals surface area contributed by atoms with Crippen LogP contribution in [0.15, 0.2) is 115 Å². The summed E-state index contributed by atoms with van der Waals surface area (Å²) in [5.41, 5.74) is 8.98. The van der Waals surface area contributed by atoms with E-state index in [9.17, 15) is 0 Å². The van der Waals surface area contributed by atoms with Crippen molar-refractivity contribution in [3.8, 4) is 5.75 Å². The Hall–Kier alpha value is -3.64. The Bertz CT molecular complexity index is 1060. The van der Waals surface area contributed by atoms with Crippen LogP contribution in [0.25, 0.3) is 0 Å². The molecule has 0 aromatic heterocycles. The lowest BCUT2D eigenvalue weighted by Crippen LogP contribution is -2.34. The lowest BCUT2D eigenvalue weighted by Gasteiger charge is -2.36. The van der Waals surface area contributed by atoms with Crippen LogP contribution in [-0.2, 0) is 19.8 Å². The van der Waals surface area contributed by atoms with Crippen molar-refractivity contribution in [2.45, 2.75) is 5.60 Å². The molecule has 4 aromatic carbocycles. The normalized spacial score (nSPS) is 11.3. The average molecular weight is 484 g/mol. The molecule has 5 nitrogen and oxygen atoms in total.